The summed E-state index contributed by atoms with van der Waals surface area (Å²) < 4.78 is 0. The fraction of sp³-hybridized carbons (Fsp3) is 0.636. The topological polar surface area (TPSA) is 44.8 Å². The van der Waals surface area contributed by atoms with E-state index in [9.17, 15) is 0 Å². The van der Waals surface area contributed by atoms with Crippen LogP contribution in [0.2, 0.25) is 0 Å². The van der Waals surface area contributed by atoms with Crippen molar-refractivity contribution in [2.24, 2.45) is 0 Å². The molecule has 0 amide bonds. The van der Waals surface area contributed by atoms with E-state index in [1.807, 2.05) is 0 Å². The molecule has 0 spiro atoms. The Kier molecular flexibility index (Phi) is 2.09. The lowest BCUT2D eigenvalue weighted by Crippen LogP contribution is -2.35. The molecule has 2 fully saturated rings. The van der Waals surface area contributed by atoms with E-state index in [0.717, 1.165) is 5.69 Å². The molecule has 3 rings (SSSR count). The van der Waals surface area contributed by atoms with Crippen LogP contribution < -0.4 is 0 Å². The maximum absolute atomic E-state index is 4.05. The molecule has 1 N–H and O–H groups in total. The third-order valence-corrected chi connectivity index (χ3v) is 3.70. The monoisotopic (exact) mass is 204 g/mol. The van der Waals surface area contributed by atoms with Gasteiger partial charge < -0.3 is 0 Å². The zero-order valence-corrected chi connectivity index (χ0v) is 8.82. The van der Waals surface area contributed by atoms with E-state index < -0.39 is 0 Å². The van der Waals surface area contributed by atoms with Gasteiger partial charge in [-0.05, 0) is 44.8 Å². The zero-order chi connectivity index (χ0) is 10.1. The third kappa shape index (κ3) is 1.49. The maximum atomic E-state index is 4.05. The normalized spacial score (nSPS) is 25.1. The molecule has 80 valence electrons. The molecule has 0 aliphatic carbocycles. The summed E-state index contributed by atoms with van der Waals surface area (Å²) in [6.45, 7) is 2.53. The molecule has 0 radical (unpaired) electrons. The first-order valence-electron chi connectivity index (χ1n) is 5.69. The third-order valence-electron chi connectivity index (χ3n) is 3.70. The highest BCUT2D eigenvalue weighted by Crippen LogP contribution is 2.40. The lowest BCUT2D eigenvalue weighted by molar-refractivity contribution is 0.251. The molecule has 2 aliphatic heterocycles. The number of hydrogen-bond donors (Lipinski definition) is 1. The van der Waals surface area contributed by atoms with Gasteiger partial charge in [-0.1, -0.05) is 6.08 Å². The van der Waals surface area contributed by atoms with E-state index in [1.165, 1.54) is 38.8 Å². The van der Waals surface area contributed by atoms with E-state index in [0.29, 0.717) is 5.54 Å². The first-order chi connectivity index (χ1) is 7.39. The van der Waals surface area contributed by atoms with Crippen molar-refractivity contribution in [3.05, 3.63) is 18.0 Å². The van der Waals surface area contributed by atoms with Crippen molar-refractivity contribution in [2.75, 3.05) is 13.1 Å². The highest BCUT2D eigenvalue weighted by atomic mass is 15.3. The van der Waals surface area contributed by atoms with Gasteiger partial charge in [0.05, 0.1) is 6.20 Å². The zero-order valence-electron chi connectivity index (χ0n) is 8.82. The predicted octanol–water partition coefficient (Wildman–Crippen LogP) is 1.45. The first kappa shape index (κ1) is 9.09. The largest absolute Gasteiger partial charge is 0.294 e. The lowest BCUT2D eigenvalue weighted by atomic mass is 9.93. The van der Waals surface area contributed by atoms with Crippen LogP contribution in [0.15, 0.2) is 12.3 Å². The summed E-state index contributed by atoms with van der Waals surface area (Å²) in [7, 11) is 0. The number of aromatic amines is 1. The molecule has 0 bridgehead atoms. The van der Waals surface area contributed by atoms with Gasteiger partial charge in [0.2, 0.25) is 0 Å². The Hall–Kier alpha value is -1.16. The van der Waals surface area contributed by atoms with Crippen LogP contribution in [-0.4, -0.2) is 38.9 Å². The van der Waals surface area contributed by atoms with Gasteiger partial charge in [0.25, 0.3) is 0 Å². The van der Waals surface area contributed by atoms with Crippen LogP contribution in [0.1, 0.15) is 31.4 Å². The van der Waals surface area contributed by atoms with Crippen LogP contribution in [0.25, 0.3) is 6.08 Å². The average Bonchev–Trinajstić information content (AvgIpc) is 2.91. The minimum Gasteiger partial charge on any atom is -0.294 e. The first-order valence-corrected chi connectivity index (χ1v) is 5.69. The van der Waals surface area contributed by atoms with Gasteiger partial charge in [-0.25, -0.2) is 0 Å². The highest BCUT2D eigenvalue weighted by Gasteiger charge is 2.41. The van der Waals surface area contributed by atoms with E-state index in [4.69, 9.17) is 0 Å². The molecule has 0 aromatic carbocycles. The molecular formula is C11H16N4. The molecule has 4 heteroatoms. The molecular weight excluding hydrogens is 188 g/mol. The summed E-state index contributed by atoms with van der Waals surface area (Å²) in [6, 6.07) is 0. The van der Waals surface area contributed by atoms with Gasteiger partial charge in [-0.2, -0.15) is 15.4 Å². The van der Waals surface area contributed by atoms with E-state index in [2.05, 4.69) is 32.5 Å². The summed E-state index contributed by atoms with van der Waals surface area (Å²) in [5.41, 5.74) is 1.28. The van der Waals surface area contributed by atoms with Crippen LogP contribution in [0.5, 0.6) is 0 Å². The van der Waals surface area contributed by atoms with Gasteiger partial charge in [0, 0.05) is 5.54 Å². The molecule has 0 atom stereocenters. The SMILES string of the molecule is C(=C/C12CCCN1CCC2)/c1cn[nH]n1. The second kappa shape index (κ2) is 3.45. The number of nitrogens with one attached hydrogen (secondary N) is 1. The van der Waals surface area contributed by atoms with E-state index in [-0.39, 0.29) is 0 Å². The Bertz CT molecular complexity index is 345. The predicted molar refractivity (Wildman–Crippen MR) is 58.2 cm³/mol. The maximum Gasteiger partial charge on any atom is 0.105 e. The Labute approximate surface area is 89.4 Å². The quantitative estimate of drug-likeness (QED) is 0.793. The number of aromatic nitrogens is 3. The van der Waals surface area contributed by atoms with Crippen molar-refractivity contribution in [2.45, 2.75) is 31.2 Å². The van der Waals surface area contributed by atoms with Crippen molar-refractivity contribution in [3.63, 3.8) is 0 Å². The summed E-state index contributed by atoms with van der Waals surface area (Å²) in [4.78, 5) is 2.61. The van der Waals surface area contributed by atoms with Gasteiger partial charge >= 0.3 is 0 Å². The molecule has 1 aromatic rings. The van der Waals surface area contributed by atoms with Gasteiger partial charge in [-0.3, -0.25) is 4.90 Å². The second-order valence-electron chi connectivity index (χ2n) is 4.53. The average molecular weight is 204 g/mol. The summed E-state index contributed by atoms with van der Waals surface area (Å²) >= 11 is 0. The van der Waals surface area contributed by atoms with Gasteiger partial charge in [-0.15, -0.1) is 0 Å². The molecule has 4 nitrogen and oxygen atoms in total. The molecule has 2 saturated heterocycles. The van der Waals surface area contributed by atoms with Gasteiger partial charge in [0.1, 0.15) is 5.69 Å². The number of nitrogens with zero attached hydrogens (tertiary/aromatic N) is 3. The minimum atomic E-state index is 0.346. The molecule has 0 saturated carbocycles. The fourth-order valence-electron chi connectivity index (χ4n) is 2.95. The van der Waals surface area contributed by atoms with Crippen molar-refractivity contribution in [3.8, 4) is 0 Å². The van der Waals surface area contributed by atoms with Crippen LogP contribution in [0.4, 0.5) is 0 Å². The second-order valence-corrected chi connectivity index (χ2v) is 4.53. The van der Waals surface area contributed by atoms with Crippen molar-refractivity contribution < 1.29 is 0 Å². The van der Waals surface area contributed by atoms with E-state index in [1.54, 1.807) is 6.20 Å². The van der Waals surface area contributed by atoms with Crippen LogP contribution in [0.3, 0.4) is 0 Å². The number of rotatable bonds is 2. The van der Waals surface area contributed by atoms with Crippen LogP contribution in [-0.2, 0) is 0 Å². The molecule has 0 unspecified atom stereocenters. The number of hydrogen-bond acceptors (Lipinski definition) is 3. The highest BCUT2D eigenvalue weighted by molar-refractivity contribution is 5.45. The van der Waals surface area contributed by atoms with Crippen molar-refractivity contribution in [1.82, 2.24) is 20.3 Å². The van der Waals surface area contributed by atoms with E-state index >= 15 is 0 Å². The molecule has 3 heterocycles. The molecule has 15 heavy (non-hydrogen) atoms. The van der Waals surface area contributed by atoms with Crippen molar-refractivity contribution in [1.29, 1.82) is 0 Å². The van der Waals surface area contributed by atoms with Crippen LogP contribution in [0, 0.1) is 0 Å². The lowest BCUT2D eigenvalue weighted by Gasteiger charge is -2.28. The Balaban J connectivity index is 1.81. The molecule has 1 aromatic heterocycles. The molecule has 2 aliphatic rings. The summed E-state index contributed by atoms with van der Waals surface area (Å²) in [6.07, 6.45) is 11.5. The fourth-order valence-corrected chi connectivity index (χ4v) is 2.95. The summed E-state index contributed by atoms with van der Waals surface area (Å²) in [5, 5.41) is 10.5. The Morgan fingerprint density at radius 1 is 1.33 bits per heavy atom. The smallest absolute Gasteiger partial charge is 0.105 e. The van der Waals surface area contributed by atoms with Crippen molar-refractivity contribution >= 4 is 6.08 Å². The van der Waals surface area contributed by atoms with Gasteiger partial charge in [0.15, 0.2) is 0 Å². The minimum absolute atomic E-state index is 0.346. The Morgan fingerprint density at radius 3 is 2.80 bits per heavy atom. The number of fused-ring (bicyclic) bond motifs is 1. The summed E-state index contributed by atoms with van der Waals surface area (Å²) in [5.74, 6) is 0. The standard InChI is InChI=1S/C11H16N4/c1-4-11(5-2-8-15(11)7-1)6-3-10-9-12-14-13-10/h3,6,9H,1-2,4-5,7-8H2,(H,12,13,14)/b6-3-. The van der Waals surface area contributed by atoms with Crippen LogP contribution >= 0.6 is 0 Å². The number of H-pyrrole nitrogens is 1. The Morgan fingerprint density at radius 2 is 2.13 bits per heavy atom.